The molecule has 2 aromatic rings. The molecule has 0 radical (unpaired) electrons. The Morgan fingerprint density at radius 3 is 2.39 bits per heavy atom. The van der Waals surface area contributed by atoms with Crippen LogP contribution in [0, 0.1) is 13.8 Å². The van der Waals surface area contributed by atoms with Gasteiger partial charge in [0.15, 0.2) is 0 Å². The Balaban J connectivity index is 2.13. The van der Waals surface area contributed by atoms with Gasteiger partial charge in [-0.3, -0.25) is 0 Å². The van der Waals surface area contributed by atoms with Crippen molar-refractivity contribution in [2.75, 3.05) is 5.32 Å². The fourth-order valence-electron chi connectivity index (χ4n) is 1.98. The minimum atomic E-state index is 0.251. The minimum Gasteiger partial charge on any atom is -0.354 e. The van der Waals surface area contributed by atoms with Gasteiger partial charge in [-0.2, -0.15) is 0 Å². The fourth-order valence-corrected chi connectivity index (χ4v) is 2.75. The number of nitrogens with zero attached hydrogens (tertiary/aromatic N) is 2. The summed E-state index contributed by atoms with van der Waals surface area (Å²) >= 11 is 1.63. The lowest BCUT2D eigenvalue weighted by Gasteiger charge is -2.14. The third-order valence-electron chi connectivity index (χ3n) is 2.85. The summed E-state index contributed by atoms with van der Waals surface area (Å²) in [6.45, 7) is 8.51. The van der Waals surface area contributed by atoms with E-state index in [0.29, 0.717) is 0 Å². The standard InChI is InChI=1S/C14H19N3S/c1-5-13-16-17-14(18-13)15-11(4)12-7-9(2)6-10(3)8-12/h6-8,11H,5H2,1-4H3,(H,15,17). The highest BCUT2D eigenvalue weighted by molar-refractivity contribution is 7.15. The number of benzene rings is 1. The highest BCUT2D eigenvalue weighted by Gasteiger charge is 2.09. The maximum Gasteiger partial charge on any atom is 0.206 e. The Morgan fingerprint density at radius 2 is 1.83 bits per heavy atom. The van der Waals surface area contributed by atoms with Crippen molar-refractivity contribution in [1.82, 2.24) is 10.2 Å². The molecule has 0 spiro atoms. The van der Waals surface area contributed by atoms with Crippen LogP contribution >= 0.6 is 11.3 Å². The SMILES string of the molecule is CCc1nnc(NC(C)c2cc(C)cc(C)c2)s1. The normalized spacial score (nSPS) is 12.4. The van der Waals surface area contributed by atoms with Gasteiger partial charge >= 0.3 is 0 Å². The molecule has 0 saturated heterocycles. The number of rotatable bonds is 4. The van der Waals surface area contributed by atoms with Crippen molar-refractivity contribution in [3.63, 3.8) is 0 Å². The molecular formula is C14H19N3S. The number of hydrogen-bond acceptors (Lipinski definition) is 4. The third-order valence-corrected chi connectivity index (χ3v) is 3.85. The number of nitrogens with one attached hydrogen (secondary N) is 1. The van der Waals surface area contributed by atoms with Crippen LogP contribution in [0.3, 0.4) is 0 Å². The lowest BCUT2D eigenvalue weighted by atomic mass is 10.0. The van der Waals surface area contributed by atoms with E-state index in [4.69, 9.17) is 0 Å². The Bertz CT molecular complexity index is 513. The van der Waals surface area contributed by atoms with E-state index in [1.165, 1.54) is 16.7 Å². The molecule has 0 fully saturated rings. The number of hydrogen-bond donors (Lipinski definition) is 1. The van der Waals surface area contributed by atoms with E-state index in [9.17, 15) is 0 Å². The first-order chi connectivity index (χ1) is 8.58. The van der Waals surface area contributed by atoms with Gasteiger partial charge in [0, 0.05) is 0 Å². The summed E-state index contributed by atoms with van der Waals surface area (Å²) in [5.74, 6) is 0. The Kier molecular flexibility index (Phi) is 3.97. The summed E-state index contributed by atoms with van der Waals surface area (Å²) in [5.41, 5.74) is 3.89. The van der Waals surface area contributed by atoms with Gasteiger partial charge in [0.1, 0.15) is 5.01 Å². The molecule has 0 saturated carbocycles. The van der Waals surface area contributed by atoms with Crippen LogP contribution in [0.1, 0.15) is 41.6 Å². The van der Waals surface area contributed by atoms with E-state index in [1.54, 1.807) is 11.3 Å². The summed E-state index contributed by atoms with van der Waals surface area (Å²) < 4.78 is 0. The fraction of sp³-hybridized carbons (Fsp3) is 0.429. The van der Waals surface area contributed by atoms with Crippen molar-refractivity contribution < 1.29 is 0 Å². The summed E-state index contributed by atoms with van der Waals surface area (Å²) in [6, 6.07) is 6.87. The van der Waals surface area contributed by atoms with Gasteiger partial charge in [-0.15, -0.1) is 10.2 Å². The largest absolute Gasteiger partial charge is 0.354 e. The van der Waals surface area contributed by atoms with E-state index in [-0.39, 0.29) is 6.04 Å². The maximum atomic E-state index is 4.15. The highest BCUT2D eigenvalue weighted by Crippen LogP contribution is 2.23. The second-order valence-corrected chi connectivity index (χ2v) is 5.70. The molecule has 0 aliphatic rings. The summed E-state index contributed by atoms with van der Waals surface area (Å²) in [7, 11) is 0. The second-order valence-electron chi connectivity index (χ2n) is 4.64. The van der Waals surface area contributed by atoms with Crippen molar-refractivity contribution in [1.29, 1.82) is 0 Å². The molecule has 1 atom stereocenters. The number of aryl methyl sites for hydroxylation is 3. The molecule has 1 unspecified atom stereocenters. The van der Waals surface area contributed by atoms with Crippen LogP contribution < -0.4 is 5.32 Å². The molecule has 18 heavy (non-hydrogen) atoms. The van der Waals surface area contributed by atoms with Crippen LogP contribution in [-0.4, -0.2) is 10.2 Å². The first-order valence-corrected chi connectivity index (χ1v) is 7.07. The molecule has 1 aromatic carbocycles. The average molecular weight is 261 g/mol. The van der Waals surface area contributed by atoms with Crippen LogP contribution in [0.5, 0.6) is 0 Å². The third kappa shape index (κ3) is 3.07. The molecule has 0 aliphatic heterocycles. The minimum absolute atomic E-state index is 0.251. The molecule has 4 heteroatoms. The predicted molar refractivity (Wildman–Crippen MR) is 77.2 cm³/mol. The monoisotopic (exact) mass is 261 g/mol. The lowest BCUT2D eigenvalue weighted by Crippen LogP contribution is -2.06. The lowest BCUT2D eigenvalue weighted by molar-refractivity contribution is 0.867. The second kappa shape index (κ2) is 5.48. The molecule has 1 N–H and O–H groups in total. The molecular weight excluding hydrogens is 242 g/mol. The zero-order valence-electron chi connectivity index (χ0n) is 11.3. The van der Waals surface area contributed by atoms with Crippen LogP contribution in [0.4, 0.5) is 5.13 Å². The Morgan fingerprint density at radius 1 is 1.17 bits per heavy atom. The van der Waals surface area contributed by atoms with Gasteiger partial charge < -0.3 is 5.32 Å². The molecule has 0 amide bonds. The van der Waals surface area contributed by atoms with E-state index in [0.717, 1.165) is 16.6 Å². The van der Waals surface area contributed by atoms with Crippen molar-refractivity contribution >= 4 is 16.5 Å². The van der Waals surface area contributed by atoms with E-state index >= 15 is 0 Å². The zero-order valence-corrected chi connectivity index (χ0v) is 12.1. The number of aromatic nitrogens is 2. The van der Waals surface area contributed by atoms with E-state index in [1.807, 2.05) is 0 Å². The van der Waals surface area contributed by atoms with Gasteiger partial charge in [0.25, 0.3) is 0 Å². The zero-order chi connectivity index (χ0) is 13.1. The summed E-state index contributed by atoms with van der Waals surface area (Å²) in [5, 5.41) is 13.7. The van der Waals surface area contributed by atoms with Crippen LogP contribution in [0.25, 0.3) is 0 Å². The predicted octanol–water partition coefficient (Wildman–Crippen LogP) is 3.89. The Labute approximate surface area is 112 Å². The quantitative estimate of drug-likeness (QED) is 0.907. The van der Waals surface area contributed by atoms with Crippen LogP contribution in [-0.2, 0) is 6.42 Å². The van der Waals surface area contributed by atoms with Gasteiger partial charge in [0.05, 0.1) is 6.04 Å². The topological polar surface area (TPSA) is 37.8 Å². The molecule has 0 aliphatic carbocycles. The maximum absolute atomic E-state index is 4.15. The van der Waals surface area contributed by atoms with Crippen LogP contribution in [0.15, 0.2) is 18.2 Å². The molecule has 3 nitrogen and oxygen atoms in total. The average Bonchev–Trinajstić information content (AvgIpc) is 2.75. The molecule has 1 heterocycles. The van der Waals surface area contributed by atoms with Crippen molar-refractivity contribution in [2.24, 2.45) is 0 Å². The first-order valence-electron chi connectivity index (χ1n) is 6.25. The summed E-state index contributed by atoms with van der Waals surface area (Å²) in [4.78, 5) is 0. The molecule has 2 rings (SSSR count). The van der Waals surface area contributed by atoms with Crippen molar-refractivity contribution in [3.05, 3.63) is 39.9 Å². The van der Waals surface area contributed by atoms with Crippen molar-refractivity contribution in [3.8, 4) is 0 Å². The molecule has 1 aromatic heterocycles. The van der Waals surface area contributed by atoms with Crippen molar-refractivity contribution in [2.45, 2.75) is 40.2 Å². The van der Waals surface area contributed by atoms with Gasteiger partial charge in [-0.25, -0.2) is 0 Å². The molecule has 0 bridgehead atoms. The first kappa shape index (κ1) is 13.0. The van der Waals surface area contributed by atoms with Gasteiger partial charge in [0.2, 0.25) is 5.13 Å². The number of anilines is 1. The van der Waals surface area contributed by atoms with Crippen LogP contribution in [0.2, 0.25) is 0 Å². The summed E-state index contributed by atoms with van der Waals surface area (Å²) in [6.07, 6.45) is 0.942. The van der Waals surface area contributed by atoms with Gasteiger partial charge in [-0.1, -0.05) is 47.6 Å². The highest BCUT2D eigenvalue weighted by atomic mass is 32.1. The smallest absolute Gasteiger partial charge is 0.206 e. The van der Waals surface area contributed by atoms with E-state index in [2.05, 4.69) is 61.4 Å². The van der Waals surface area contributed by atoms with Gasteiger partial charge in [-0.05, 0) is 32.8 Å². The van der Waals surface area contributed by atoms with E-state index < -0.39 is 0 Å². The molecule has 96 valence electrons. The Hall–Kier alpha value is -1.42.